The number of fused-ring (bicyclic) bond motifs is 1. The topological polar surface area (TPSA) is 101 Å². The highest BCUT2D eigenvalue weighted by Gasteiger charge is 2.37. The van der Waals surface area contributed by atoms with Crippen LogP contribution in [0.2, 0.25) is 0 Å². The van der Waals surface area contributed by atoms with E-state index in [1.54, 1.807) is 54.6 Å². The van der Waals surface area contributed by atoms with E-state index in [0.29, 0.717) is 10.1 Å². The van der Waals surface area contributed by atoms with Crippen molar-refractivity contribution in [1.82, 2.24) is 4.90 Å². The largest absolute Gasteiger partial charge is 0.497 e. The van der Waals surface area contributed by atoms with Gasteiger partial charge in [0.1, 0.15) is 5.75 Å². The first-order chi connectivity index (χ1) is 15.8. The molecule has 3 aromatic carbocycles. The number of benzene rings is 3. The van der Waals surface area contributed by atoms with Crippen molar-refractivity contribution >= 4 is 33.4 Å². The first-order valence-corrected chi connectivity index (χ1v) is 11.5. The minimum Gasteiger partial charge on any atom is -0.497 e. The lowest BCUT2D eigenvalue weighted by molar-refractivity contribution is -0.117. The first kappa shape index (κ1) is 22.2. The van der Waals surface area contributed by atoms with E-state index in [1.165, 1.54) is 31.4 Å². The van der Waals surface area contributed by atoms with Crippen molar-refractivity contribution in [2.75, 3.05) is 18.0 Å². The number of ether oxygens (including phenoxy) is 1. The number of methoxy groups -OCH3 is 1. The van der Waals surface area contributed by atoms with Gasteiger partial charge in [-0.2, -0.15) is 0 Å². The molecular formula is C24H20N2O6S. The molecule has 3 aromatic rings. The lowest BCUT2D eigenvalue weighted by Crippen LogP contribution is -2.40. The molecular weight excluding hydrogens is 444 g/mol. The second kappa shape index (κ2) is 8.87. The molecule has 0 saturated carbocycles. The smallest absolute Gasteiger partial charge is 0.270 e. The maximum absolute atomic E-state index is 13.4. The Kier molecular flexibility index (Phi) is 5.97. The monoisotopic (exact) mass is 464 g/mol. The van der Waals surface area contributed by atoms with E-state index in [-0.39, 0.29) is 34.7 Å². The Hall–Kier alpha value is -3.98. The summed E-state index contributed by atoms with van der Waals surface area (Å²) < 4.78 is 32.5. The molecule has 0 atom stereocenters. The summed E-state index contributed by atoms with van der Waals surface area (Å²) in [6.07, 6.45) is -0.371. The Labute approximate surface area is 191 Å². The third kappa shape index (κ3) is 4.10. The van der Waals surface area contributed by atoms with Gasteiger partial charge in [0, 0.05) is 13.0 Å². The van der Waals surface area contributed by atoms with Crippen molar-refractivity contribution in [3.05, 3.63) is 90.0 Å². The van der Waals surface area contributed by atoms with Gasteiger partial charge in [0.2, 0.25) is 5.91 Å². The van der Waals surface area contributed by atoms with E-state index in [0.717, 1.165) is 4.90 Å². The van der Waals surface area contributed by atoms with Crippen molar-refractivity contribution in [3.63, 3.8) is 0 Å². The Balaban J connectivity index is 1.63. The van der Waals surface area contributed by atoms with Crippen LogP contribution in [0.1, 0.15) is 27.1 Å². The summed E-state index contributed by atoms with van der Waals surface area (Å²) in [6.45, 7) is -0.248. The van der Waals surface area contributed by atoms with Crippen molar-refractivity contribution in [3.8, 4) is 5.75 Å². The van der Waals surface area contributed by atoms with E-state index in [9.17, 15) is 22.8 Å². The highest BCUT2D eigenvalue weighted by Crippen LogP contribution is 2.28. The molecule has 0 N–H and O–H groups in total. The second-order valence-electron chi connectivity index (χ2n) is 7.23. The molecule has 168 valence electrons. The van der Waals surface area contributed by atoms with Crippen molar-refractivity contribution in [1.29, 1.82) is 0 Å². The zero-order chi connectivity index (χ0) is 23.6. The SMILES string of the molecule is COc1ccc(N(C(=O)CCN2C(=O)c3ccccc3C2=O)S(=O)(=O)c2ccccc2)cc1. The van der Waals surface area contributed by atoms with Gasteiger partial charge in [0.05, 0.1) is 28.8 Å². The average Bonchev–Trinajstić information content (AvgIpc) is 3.08. The number of hydrogen-bond donors (Lipinski definition) is 0. The molecule has 0 fully saturated rings. The third-order valence-corrected chi connectivity index (χ3v) is 7.01. The maximum atomic E-state index is 13.4. The summed E-state index contributed by atoms with van der Waals surface area (Å²) in [6, 6.07) is 20.0. The molecule has 0 aliphatic carbocycles. The molecule has 1 heterocycles. The number of nitrogens with zero attached hydrogens (tertiary/aromatic N) is 2. The van der Waals surface area contributed by atoms with Crippen LogP contribution in [0.25, 0.3) is 0 Å². The van der Waals surface area contributed by atoms with Crippen LogP contribution in [-0.2, 0) is 14.8 Å². The van der Waals surface area contributed by atoms with E-state index in [2.05, 4.69) is 0 Å². The Morgan fingerprint density at radius 1 is 0.848 bits per heavy atom. The van der Waals surface area contributed by atoms with Gasteiger partial charge in [-0.15, -0.1) is 0 Å². The molecule has 0 unspecified atom stereocenters. The lowest BCUT2D eigenvalue weighted by atomic mass is 10.1. The zero-order valence-corrected chi connectivity index (χ0v) is 18.5. The van der Waals surface area contributed by atoms with Gasteiger partial charge in [0.25, 0.3) is 21.8 Å². The standard InChI is InChI=1S/C24H20N2O6S/c1-32-18-13-11-17(12-14-18)26(33(30,31)19-7-3-2-4-8-19)22(27)15-16-25-23(28)20-9-5-6-10-21(20)24(25)29/h2-14H,15-16H2,1H3. The number of amides is 3. The van der Waals surface area contributed by atoms with Gasteiger partial charge in [-0.25, -0.2) is 12.7 Å². The van der Waals surface area contributed by atoms with Crippen molar-refractivity contribution in [2.24, 2.45) is 0 Å². The van der Waals surface area contributed by atoms with Crippen LogP contribution < -0.4 is 9.04 Å². The molecule has 8 nitrogen and oxygen atoms in total. The van der Waals surface area contributed by atoms with E-state index in [1.807, 2.05) is 0 Å². The van der Waals surface area contributed by atoms with Crippen LogP contribution in [0.3, 0.4) is 0 Å². The third-order valence-electron chi connectivity index (χ3n) is 5.24. The summed E-state index contributed by atoms with van der Waals surface area (Å²) in [5.74, 6) is -1.30. The molecule has 1 aliphatic heterocycles. The zero-order valence-electron chi connectivity index (χ0n) is 17.7. The van der Waals surface area contributed by atoms with Crippen LogP contribution in [0.4, 0.5) is 5.69 Å². The molecule has 9 heteroatoms. The molecule has 33 heavy (non-hydrogen) atoms. The van der Waals surface area contributed by atoms with Crippen LogP contribution in [-0.4, -0.2) is 44.7 Å². The fraction of sp³-hybridized carbons (Fsp3) is 0.125. The van der Waals surface area contributed by atoms with E-state index < -0.39 is 27.7 Å². The fourth-order valence-corrected chi connectivity index (χ4v) is 5.05. The number of hydrogen-bond acceptors (Lipinski definition) is 6. The number of imide groups is 1. The summed E-state index contributed by atoms with van der Waals surface area (Å²) in [5, 5.41) is 0. The number of rotatable bonds is 7. The lowest BCUT2D eigenvalue weighted by Gasteiger charge is -2.24. The molecule has 4 rings (SSSR count). The number of anilines is 1. The van der Waals surface area contributed by atoms with E-state index >= 15 is 0 Å². The molecule has 0 bridgehead atoms. The average molecular weight is 464 g/mol. The summed E-state index contributed by atoms with van der Waals surface area (Å²) in [7, 11) is -2.77. The van der Waals surface area contributed by atoms with Crippen LogP contribution in [0, 0.1) is 0 Å². The predicted octanol–water partition coefficient (Wildman–Crippen LogP) is 3.10. The molecule has 0 saturated heterocycles. The quantitative estimate of drug-likeness (QED) is 0.498. The minimum absolute atomic E-state index is 0.0603. The highest BCUT2D eigenvalue weighted by atomic mass is 32.2. The molecule has 0 radical (unpaired) electrons. The van der Waals surface area contributed by atoms with Gasteiger partial charge < -0.3 is 4.74 Å². The normalized spacial score (nSPS) is 13.1. The maximum Gasteiger partial charge on any atom is 0.270 e. The molecule has 1 aliphatic rings. The van der Waals surface area contributed by atoms with Gasteiger partial charge in [0.15, 0.2) is 0 Å². The fourth-order valence-electron chi connectivity index (χ4n) is 3.58. The number of sulfonamides is 1. The van der Waals surface area contributed by atoms with Crippen molar-refractivity contribution < 1.29 is 27.5 Å². The van der Waals surface area contributed by atoms with Crippen LogP contribution in [0.15, 0.2) is 83.8 Å². The minimum atomic E-state index is -4.24. The predicted molar refractivity (Wildman–Crippen MR) is 121 cm³/mol. The molecule has 0 spiro atoms. The second-order valence-corrected chi connectivity index (χ2v) is 9.02. The Morgan fingerprint density at radius 2 is 1.39 bits per heavy atom. The summed E-state index contributed by atoms with van der Waals surface area (Å²) in [4.78, 5) is 39.3. The summed E-state index contributed by atoms with van der Waals surface area (Å²) in [5.41, 5.74) is 0.643. The van der Waals surface area contributed by atoms with E-state index in [4.69, 9.17) is 4.74 Å². The van der Waals surface area contributed by atoms with Crippen LogP contribution >= 0.6 is 0 Å². The molecule has 0 aromatic heterocycles. The van der Waals surface area contributed by atoms with Crippen molar-refractivity contribution in [2.45, 2.75) is 11.3 Å². The Bertz CT molecular complexity index is 1290. The number of carbonyl (C=O) groups is 3. The first-order valence-electron chi connectivity index (χ1n) is 10.1. The molecule has 3 amide bonds. The Morgan fingerprint density at radius 3 is 1.94 bits per heavy atom. The van der Waals surface area contributed by atoms with Crippen LogP contribution in [0.5, 0.6) is 5.75 Å². The highest BCUT2D eigenvalue weighted by molar-refractivity contribution is 7.93. The van der Waals surface area contributed by atoms with Gasteiger partial charge >= 0.3 is 0 Å². The number of carbonyl (C=O) groups excluding carboxylic acids is 3. The summed E-state index contributed by atoms with van der Waals surface area (Å²) >= 11 is 0. The van der Waals surface area contributed by atoms with Gasteiger partial charge in [-0.3, -0.25) is 19.3 Å². The van der Waals surface area contributed by atoms with Gasteiger partial charge in [-0.1, -0.05) is 30.3 Å². The van der Waals surface area contributed by atoms with Gasteiger partial charge in [-0.05, 0) is 48.5 Å².